The lowest BCUT2D eigenvalue weighted by Gasteiger charge is -2.16. The van der Waals surface area contributed by atoms with E-state index in [0.717, 1.165) is 18.5 Å². The van der Waals surface area contributed by atoms with E-state index in [2.05, 4.69) is 4.90 Å². The number of anilines is 1. The number of rotatable bonds is 2. The first-order valence-corrected chi connectivity index (χ1v) is 5.09. The molecular formula is C11H15FN2O. The first kappa shape index (κ1) is 10.4. The second-order valence-electron chi connectivity index (χ2n) is 4.02. The van der Waals surface area contributed by atoms with Crippen LogP contribution in [0, 0.1) is 5.82 Å². The maximum Gasteiger partial charge on any atom is 0.123 e. The minimum Gasteiger partial charge on any atom is -0.398 e. The Bertz CT molecular complexity index is 356. The summed E-state index contributed by atoms with van der Waals surface area (Å²) in [5.41, 5.74) is 7.15. The lowest BCUT2D eigenvalue weighted by atomic mass is 10.1. The van der Waals surface area contributed by atoms with Gasteiger partial charge in [-0.15, -0.1) is 0 Å². The zero-order valence-corrected chi connectivity index (χ0v) is 8.49. The van der Waals surface area contributed by atoms with Crippen molar-refractivity contribution in [1.82, 2.24) is 4.90 Å². The molecule has 1 aliphatic rings. The Morgan fingerprint density at radius 3 is 3.00 bits per heavy atom. The number of hydrogen-bond acceptors (Lipinski definition) is 3. The van der Waals surface area contributed by atoms with E-state index in [1.54, 1.807) is 6.07 Å². The molecule has 3 N–H and O–H groups in total. The van der Waals surface area contributed by atoms with Gasteiger partial charge in [-0.25, -0.2) is 4.39 Å². The second-order valence-corrected chi connectivity index (χ2v) is 4.02. The highest BCUT2D eigenvalue weighted by Crippen LogP contribution is 2.18. The third-order valence-corrected chi connectivity index (χ3v) is 2.75. The first-order valence-electron chi connectivity index (χ1n) is 5.09. The Labute approximate surface area is 88.3 Å². The molecule has 0 spiro atoms. The molecule has 0 amide bonds. The predicted molar refractivity (Wildman–Crippen MR) is 56.7 cm³/mol. The Morgan fingerprint density at radius 1 is 1.53 bits per heavy atom. The van der Waals surface area contributed by atoms with Gasteiger partial charge in [0.15, 0.2) is 0 Å². The van der Waals surface area contributed by atoms with Gasteiger partial charge < -0.3 is 10.8 Å². The van der Waals surface area contributed by atoms with Crippen molar-refractivity contribution in [3.63, 3.8) is 0 Å². The summed E-state index contributed by atoms with van der Waals surface area (Å²) < 4.78 is 13.0. The van der Waals surface area contributed by atoms with Crippen LogP contribution in [0.1, 0.15) is 12.0 Å². The van der Waals surface area contributed by atoms with E-state index >= 15 is 0 Å². The van der Waals surface area contributed by atoms with Crippen LogP contribution in [-0.4, -0.2) is 29.2 Å². The summed E-state index contributed by atoms with van der Waals surface area (Å²) in [6.45, 7) is 2.10. The smallest absolute Gasteiger partial charge is 0.123 e. The largest absolute Gasteiger partial charge is 0.398 e. The number of halogens is 1. The molecule has 2 rings (SSSR count). The Kier molecular flexibility index (Phi) is 2.88. The molecule has 1 fully saturated rings. The molecule has 1 atom stereocenters. The highest BCUT2D eigenvalue weighted by molar-refractivity contribution is 5.46. The van der Waals surface area contributed by atoms with Crippen molar-refractivity contribution in [3.05, 3.63) is 29.6 Å². The van der Waals surface area contributed by atoms with Crippen molar-refractivity contribution < 1.29 is 9.50 Å². The topological polar surface area (TPSA) is 49.5 Å². The van der Waals surface area contributed by atoms with Crippen molar-refractivity contribution in [3.8, 4) is 0 Å². The SMILES string of the molecule is Nc1ccc(F)cc1CN1CC[C@H](O)C1. The second kappa shape index (κ2) is 4.16. The van der Waals surface area contributed by atoms with Gasteiger partial charge in [0.1, 0.15) is 5.82 Å². The number of nitrogens with two attached hydrogens (primary N) is 1. The molecule has 1 aromatic rings. The first-order chi connectivity index (χ1) is 7.15. The van der Waals surface area contributed by atoms with Gasteiger partial charge in [0.2, 0.25) is 0 Å². The van der Waals surface area contributed by atoms with Crippen molar-refractivity contribution in [2.75, 3.05) is 18.8 Å². The van der Waals surface area contributed by atoms with Crippen molar-refractivity contribution in [2.45, 2.75) is 19.1 Å². The molecule has 1 heterocycles. The zero-order chi connectivity index (χ0) is 10.8. The van der Waals surface area contributed by atoms with E-state index < -0.39 is 0 Å². The summed E-state index contributed by atoms with van der Waals surface area (Å²) >= 11 is 0. The number of nitrogen functional groups attached to an aromatic ring is 1. The van der Waals surface area contributed by atoms with Gasteiger partial charge in [0.25, 0.3) is 0 Å². The average Bonchev–Trinajstić information content (AvgIpc) is 2.58. The number of β-amino-alcohol motifs (C(OH)–C–C–N with tert-alkyl or cyclic N) is 1. The molecule has 1 aliphatic heterocycles. The normalized spacial score (nSPS) is 22.1. The number of aliphatic hydroxyl groups is 1. The minimum absolute atomic E-state index is 0.250. The quantitative estimate of drug-likeness (QED) is 0.715. The predicted octanol–water partition coefficient (Wildman–Crippen LogP) is 0.975. The standard InChI is InChI=1S/C11H15FN2O/c12-9-1-2-11(13)8(5-9)6-14-4-3-10(15)7-14/h1-2,5,10,15H,3-4,6-7,13H2/t10-/m0/s1. The summed E-state index contributed by atoms with van der Waals surface area (Å²) in [5, 5.41) is 9.35. The van der Waals surface area contributed by atoms with Crippen LogP contribution in [0.25, 0.3) is 0 Å². The van der Waals surface area contributed by atoms with Gasteiger partial charge in [-0.2, -0.15) is 0 Å². The highest BCUT2D eigenvalue weighted by Gasteiger charge is 2.20. The molecular weight excluding hydrogens is 195 g/mol. The summed E-state index contributed by atoms with van der Waals surface area (Å²) in [4.78, 5) is 2.08. The molecule has 15 heavy (non-hydrogen) atoms. The van der Waals surface area contributed by atoms with E-state index in [1.165, 1.54) is 12.1 Å². The van der Waals surface area contributed by atoms with Gasteiger partial charge >= 0.3 is 0 Å². The minimum atomic E-state index is -0.265. The molecule has 0 radical (unpaired) electrons. The lowest BCUT2D eigenvalue weighted by Crippen LogP contribution is -2.22. The fraction of sp³-hybridized carbons (Fsp3) is 0.455. The number of aliphatic hydroxyl groups excluding tert-OH is 1. The maximum atomic E-state index is 13.0. The van der Waals surface area contributed by atoms with Gasteiger partial charge in [-0.3, -0.25) is 4.90 Å². The third-order valence-electron chi connectivity index (χ3n) is 2.75. The van der Waals surface area contributed by atoms with E-state index in [0.29, 0.717) is 18.8 Å². The molecule has 4 heteroatoms. The number of nitrogens with zero attached hydrogens (tertiary/aromatic N) is 1. The van der Waals surface area contributed by atoms with Crippen molar-refractivity contribution in [2.24, 2.45) is 0 Å². The summed E-state index contributed by atoms with van der Waals surface area (Å²) in [5.74, 6) is -0.265. The van der Waals surface area contributed by atoms with Crippen LogP contribution < -0.4 is 5.73 Å². The molecule has 0 unspecified atom stereocenters. The van der Waals surface area contributed by atoms with Gasteiger partial charge in [-0.05, 0) is 30.2 Å². The van der Waals surface area contributed by atoms with E-state index in [1.807, 2.05) is 0 Å². The van der Waals surface area contributed by atoms with Crippen LogP contribution in [-0.2, 0) is 6.54 Å². The molecule has 1 aromatic carbocycles. The number of benzene rings is 1. The number of likely N-dealkylation sites (tertiary alicyclic amines) is 1. The molecule has 0 aliphatic carbocycles. The van der Waals surface area contributed by atoms with Gasteiger partial charge in [0.05, 0.1) is 6.10 Å². The summed E-state index contributed by atoms with van der Waals surface area (Å²) in [7, 11) is 0. The Balaban J connectivity index is 2.07. The van der Waals surface area contributed by atoms with Gasteiger partial charge in [-0.1, -0.05) is 0 Å². The van der Waals surface area contributed by atoms with E-state index in [4.69, 9.17) is 5.73 Å². The molecule has 82 valence electrons. The van der Waals surface area contributed by atoms with E-state index in [9.17, 15) is 9.50 Å². The summed E-state index contributed by atoms with van der Waals surface area (Å²) in [6.07, 6.45) is 0.537. The Morgan fingerprint density at radius 2 is 2.33 bits per heavy atom. The fourth-order valence-electron chi connectivity index (χ4n) is 1.91. The molecule has 3 nitrogen and oxygen atoms in total. The Hall–Kier alpha value is -1.13. The zero-order valence-electron chi connectivity index (χ0n) is 8.49. The lowest BCUT2D eigenvalue weighted by molar-refractivity contribution is 0.175. The number of hydrogen-bond donors (Lipinski definition) is 2. The summed E-state index contributed by atoms with van der Waals surface area (Å²) in [6, 6.07) is 4.40. The van der Waals surface area contributed by atoms with Crippen LogP contribution in [0.15, 0.2) is 18.2 Å². The van der Waals surface area contributed by atoms with Crippen LogP contribution >= 0.6 is 0 Å². The van der Waals surface area contributed by atoms with Crippen LogP contribution in [0.2, 0.25) is 0 Å². The molecule has 0 bridgehead atoms. The van der Waals surface area contributed by atoms with E-state index in [-0.39, 0.29) is 11.9 Å². The highest BCUT2D eigenvalue weighted by atomic mass is 19.1. The molecule has 0 aromatic heterocycles. The molecule has 1 saturated heterocycles. The maximum absolute atomic E-state index is 13.0. The average molecular weight is 210 g/mol. The van der Waals surface area contributed by atoms with Crippen molar-refractivity contribution >= 4 is 5.69 Å². The third kappa shape index (κ3) is 2.46. The van der Waals surface area contributed by atoms with Crippen LogP contribution in [0.4, 0.5) is 10.1 Å². The van der Waals surface area contributed by atoms with Crippen molar-refractivity contribution in [1.29, 1.82) is 0 Å². The van der Waals surface area contributed by atoms with Crippen LogP contribution in [0.5, 0.6) is 0 Å². The fourth-order valence-corrected chi connectivity index (χ4v) is 1.91. The monoisotopic (exact) mass is 210 g/mol. The van der Waals surface area contributed by atoms with Gasteiger partial charge in [0, 0.05) is 25.3 Å². The molecule has 0 saturated carbocycles. The van der Waals surface area contributed by atoms with Crippen LogP contribution in [0.3, 0.4) is 0 Å².